The molecule has 0 aliphatic heterocycles. The highest BCUT2D eigenvalue weighted by atomic mass is 16.5. The molecule has 3 rings (SSSR count). The van der Waals surface area contributed by atoms with Gasteiger partial charge in [0.05, 0.1) is 18.5 Å². The van der Waals surface area contributed by atoms with E-state index >= 15 is 0 Å². The second-order valence-electron chi connectivity index (χ2n) is 5.60. The molecule has 132 valence electrons. The second kappa shape index (κ2) is 7.02. The van der Waals surface area contributed by atoms with Crippen molar-refractivity contribution < 1.29 is 14.6 Å². The van der Waals surface area contributed by atoms with Gasteiger partial charge >= 0.3 is 0 Å². The number of carbonyl (C=O) groups is 1. The molecular weight excluding hydrogens is 332 g/mol. The van der Waals surface area contributed by atoms with Crippen LogP contribution in [0, 0.1) is 0 Å². The van der Waals surface area contributed by atoms with Crippen molar-refractivity contribution in [3.8, 4) is 0 Å². The molecule has 0 bridgehead atoms. The molecule has 1 aliphatic carbocycles. The van der Waals surface area contributed by atoms with Crippen molar-refractivity contribution >= 4 is 34.2 Å². The number of anilines is 3. The van der Waals surface area contributed by atoms with Crippen LogP contribution in [-0.2, 0) is 9.53 Å². The van der Waals surface area contributed by atoms with Gasteiger partial charge in [0.2, 0.25) is 11.5 Å². The first-order chi connectivity index (χ1) is 12.5. The molecule has 0 amide bonds. The summed E-state index contributed by atoms with van der Waals surface area (Å²) >= 11 is 0. The molecule has 0 saturated heterocycles. The van der Waals surface area contributed by atoms with Crippen molar-refractivity contribution in [3.63, 3.8) is 0 Å². The maximum Gasteiger partial charge on any atom is 0.249 e. The first kappa shape index (κ1) is 17.1. The number of aliphatic hydroxyl groups excluding tert-OH is 1. The zero-order valence-corrected chi connectivity index (χ0v) is 14.1. The number of Topliss-reactive ketones (excluding diaryl/α,β-unsaturated/α-hetero) is 1. The summed E-state index contributed by atoms with van der Waals surface area (Å²) in [6.07, 6.45) is 1.47. The Balaban J connectivity index is 1.99. The summed E-state index contributed by atoms with van der Waals surface area (Å²) in [7, 11) is 1.32. The van der Waals surface area contributed by atoms with Gasteiger partial charge in [-0.25, -0.2) is 4.99 Å². The molecule has 0 spiro atoms. The van der Waals surface area contributed by atoms with Gasteiger partial charge in [-0.1, -0.05) is 0 Å². The molecule has 6 N–H and O–H groups in total. The summed E-state index contributed by atoms with van der Waals surface area (Å²) in [4.78, 5) is 16.8. The van der Waals surface area contributed by atoms with E-state index in [1.165, 1.54) is 13.2 Å². The Kier molecular flexibility index (Phi) is 4.62. The molecule has 0 saturated carbocycles. The minimum absolute atomic E-state index is 0.127. The summed E-state index contributed by atoms with van der Waals surface area (Å²) in [6.45, 7) is 0. The minimum atomic E-state index is -0.510. The maximum atomic E-state index is 12.5. The van der Waals surface area contributed by atoms with Gasteiger partial charge in [0.1, 0.15) is 5.71 Å². The lowest BCUT2D eigenvalue weighted by Crippen LogP contribution is -2.25. The first-order valence-corrected chi connectivity index (χ1v) is 7.78. The fourth-order valence-corrected chi connectivity index (χ4v) is 2.39. The fraction of sp³-hybridized carbons (Fsp3) is 0.0526. The fourth-order valence-electron chi connectivity index (χ4n) is 2.39. The van der Waals surface area contributed by atoms with Crippen LogP contribution >= 0.6 is 0 Å². The minimum Gasteiger partial charge on any atom is -0.503 e. The Morgan fingerprint density at radius 3 is 2.15 bits per heavy atom. The topological polar surface area (TPSA) is 123 Å². The average Bonchev–Trinajstić information content (AvgIpc) is 2.63. The van der Waals surface area contributed by atoms with Crippen LogP contribution in [0.2, 0.25) is 0 Å². The number of carbonyl (C=O) groups excluding carboxylic acids is 1. The van der Waals surface area contributed by atoms with Crippen molar-refractivity contribution in [2.45, 2.75) is 0 Å². The van der Waals surface area contributed by atoms with Crippen LogP contribution in [0.25, 0.3) is 0 Å². The zero-order chi connectivity index (χ0) is 18.7. The van der Waals surface area contributed by atoms with E-state index in [2.05, 4.69) is 10.3 Å². The van der Waals surface area contributed by atoms with Crippen LogP contribution < -0.4 is 16.8 Å². The van der Waals surface area contributed by atoms with Gasteiger partial charge in [-0.3, -0.25) is 4.79 Å². The number of nitrogens with one attached hydrogen (secondary N) is 1. The van der Waals surface area contributed by atoms with Gasteiger partial charge in [-0.05, 0) is 54.6 Å². The van der Waals surface area contributed by atoms with Gasteiger partial charge < -0.3 is 26.6 Å². The standard InChI is InChI=1S/C19H18N4O3/c1-26-19-17(24)15(22-13-6-2-11(20)3-7-13)10-16(18(19)25)23-14-8-4-12(21)5-9-14/h2-10,22,24H,20-21H2,1H3. The molecular formula is C19H18N4O3. The summed E-state index contributed by atoms with van der Waals surface area (Å²) in [5, 5.41) is 13.4. The largest absolute Gasteiger partial charge is 0.503 e. The van der Waals surface area contributed by atoms with E-state index in [1.54, 1.807) is 48.5 Å². The van der Waals surface area contributed by atoms with Crippen molar-refractivity contribution in [2.24, 2.45) is 4.99 Å². The third-order valence-corrected chi connectivity index (χ3v) is 3.73. The predicted octanol–water partition coefficient (Wildman–Crippen LogP) is 2.92. The van der Waals surface area contributed by atoms with E-state index in [0.29, 0.717) is 28.4 Å². The first-order valence-electron chi connectivity index (χ1n) is 7.78. The van der Waals surface area contributed by atoms with Gasteiger partial charge in [0, 0.05) is 17.1 Å². The van der Waals surface area contributed by atoms with E-state index in [0.717, 1.165) is 0 Å². The Labute approximate surface area is 150 Å². The number of nitrogens with two attached hydrogens (primary N) is 2. The molecule has 2 aromatic carbocycles. The number of allylic oxidation sites excluding steroid dienone is 2. The zero-order valence-electron chi connectivity index (χ0n) is 14.1. The molecule has 1 aliphatic rings. The van der Waals surface area contributed by atoms with E-state index in [1.807, 2.05) is 0 Å². The molecule has 0 aromatic heterocycles. The lowest BCUT2D eigenvalue weighted by atomic mass is 10.0. The van der Waals surface area contributed by atoms with Crippen LogP contribution in [0.5, 0.6) is 0 Å². The molecule has 0 heterocycles. The SMILES string of the molecule is COC1=C(O)C(Nc2ccc(N)cc2)=CC(=Nc2ccc(N)cc2)C1=O. The molecule has 0 unspecified atom stereocenters. The van der Waals surface area contributed by atoms with Crippen LogP contribution in [0.1, 0.15) is 0 Å². The third kappa shape index (κ3) is 3.51. The van der Waals surface area contributed by atoms with Crippen molar-refractivity contribution in [1.82, 2.24) is 0 Å². The molecule has 0 fully saturated rings. The monoisotopic (exact) mass is 350 g/mol. The number of benzene rings is 2. The van der Waals surface area contributed by atoms with Gasteiger partial charge in [0.25, 0.3) is 0 Å². The Hall–Kier alpha value is -3.74. The highest BCUT2D eigenvalue weighted by Gasteiger charge is 2.28. The highest BCUT2D eigenvalue weighted by Crippen LogP contribution is 2.25. The Morgan fingerprint density at radius 2 is 1.58 bits per heavy atom. The number of aliphatic hydroxyl groups is 1. The predicted molar refractivity (Wildman–Crippen MR) is 102 cm³/mol. The molecule has 7 heteroatoms. The number of rotatable bonds is 4. The number of ketones is 1. The van der Waals surface area contributed by atoms with E-state index < -0.39 is 5.78 Å². The summed E-state index contributed by atoms with van der Waals surface area (Å²) in [6, 6.07) is 13.7. The van der Waals surface area contributed by atoms with Crippen molar-refractivity contribution in [2.75, 3.05) is 23.9 Å². The smallest absolute Gasteiger partial charge is 0.249 e. The number of nitrogens with zero attached hydrogens (tertiary/aromatic N) is 1. The maximum absolute atomic E-state index is 12.5. The Morgan fingerprint density at radius 1 is 1.00 bits per heavy atom. The number of hydrogen-bond acceptors (Lipinski definition) is 7. The summed E-state index contributed by atoms with van der Waals surface area (Å²) < 4.78 is 5.07. The van der Waals surface area contributed by atoms with E-state index in [-0.39, 0.29) is 17.2 Å². The summed E-state index contributed by atoms with van der Waals surface area (Å²) in [5.74, 6) is -0.977. The van der Waals surface area contributed by atoms with E-state index in [9.17, 15) is 9.90 Å². The number of methoxy groups -OCH3 is 1. The molecule has 0 atom stereocenters. The third-order valence-electron chi connectivity index (χ3n) is 3.73. The van der Waals surface area contributed by atoms with Crippen LogP contribution in [0.3, 0.4) is 0 Å². The molecule has 2 aromatic rings. The number of nitrogen functional groups attached to an aromatic ring is 2. The molecule has 7 nitrogen and oxygen atoms in total. The molecule has 0 radical (unpaired) electrons. The molecule has 26 heavy (non-hydrogen) atoms. The summed E-state index contributed by atoms with van der Waals surface area (Å²) in [5.41, 5.74) is 14.2. The van der Waals surface area contributed by atoms with Gasteiger partial charge in [-0.2, -0.15) is 0 Å². The van der Waals surface area contributed by atoms with Crippen LogP contribution in [-0.4, -0.2) is 23.7 Å². The lowest BCUT2D eigenvalue weighted by molar-refractivity contribution is -0.112. The highest BCUT2D eigenvalue weighted by molar-refractivity contribution is 6.50. The van der Waals surface area contributed by atoms with Crippen LogP contribution in [0.4, 0.5) is 22.7 Å². The van der Waals surface area contributed by atoms with Gasteiger partial charge in [0.15, 0.2) is 5.76 Å². The lowest BCUT2D eigenvalue weighted by Gasteiger charge is -2.18. The normalized spacial score (nSPS) is 15.8. The van der Waals surface area contributed by atoms with E-state index in [4.69, 9.17) is 16.2 Å². The second-order valence-corrected chi connectivity index (χ2v) is 5.60. The average molecular weight is 350 g/mol. The van der Waals surface area contributed by atoms with Gasteiger partial charge in [-0.15, -0.1) is 0 Å². The number of aliphatic imine (C=N–C) groups is 1. The number of hydrogen-bond donors (Lipinski definition) is 4. The number of ether oxygens (including phenoxy) is 1. The van der Waals surface area contributed by atoms with Crippen molar-refractivity contribution in [3.05, 3.63) is 71.8 Å². The van der Waals surface area contributed by atoms with Crippen LogP contribution in [0.15, 0.2) is 76.8 Å². The quantitative estimate of drug-likeness (QED) is 0.497. The van der Waals surface area contributed by atoms with Crippen molar-refractivity contribution in [1.29, 1.82) is 0 Å². The Bertz CT molecular complexity index is 926.